The summed E-state index contributed by atoms with van der Waals surface area (Å²) in [6, 6.07) is 4.35. The molecule has 7 heteroatoms. The van der Waals surface area contributed by atoms with Gasteiger partial charge in [-0.25, -0.2) is 5.84 Å². The number of benzene rings is 1. The van der Waals surface area contributed by atoms with Crippen LogP contribution in [-0.4, -0.2) is 17.9 Å². The van der Waals surface area contributed by atoms with Gasteiger partial charge in [-0.2, -0.15) is 0 Å². The molecule has 0 heterocycles. The van der Waals surface area contributed by atoms with Crippen LogP contribution in [0, 0.1) is 10.1 Å². The van der Waals surface area contributed by atoms with Gasteiger partial charge in [0.25, 0.3) is 0 Å². The van der Waals surface area contributed by atoms with Gasteiger partial charge in [-0.15, -0.1) is 0 Å². The second-order valence-corrected chi connectivity index (χ2v) is 3.42. The van der Waals surface area contributed by atoms with Crippen LogP contribution in [0.15, 0.2) is 18.2 Å². The highest BCUT2D eigenvalue weighted by Gasteiger charge is 2.20. The summed E-state index contributed by atoms with van der Waals surface area (Å²) in [6.45, 7) is 1.60. The largest absolute Gasteiger partial charge is 0.490 e. The molecular formula is C10H13N3O4. The van der Waals surface area contributed by atoms with Crippen molar-refractivity contribution in [3.05, 3.63) is 33.9 Å². The minimum atomic E-state index is -0.565. The number of rotatable bonds is 4. The van der Waals surface area contributed by atoms with Crippen LogP contribution in [0.4, 0.5) is 5.69 Å². The molecule has 92 valence electrons. The van der Waals surface area contributed by atoms with Crippen LogP contribution in [0.25, 0.3) is 0 Å². The normalized spacial score (nSPS) is 11.7. The van der Waals surface area contributed by atoms with Crippen LogP contribution in [0.3, 0.4) is 0 Å². The lowest BCUT2D eigenvalue weighted by molar-refractivity contribution is -0.385. The summed E-state index contributed by atoms with van der Waals surface area (Å²) in [5, 5.41) is 10.8. The summed E-state index contributed by atoms with van der Waals surface area (Å²) in [7, 11) is 1.35. The summed E-state index contributed by atoms with van der Waals surface area (Å²) < 4.78 is 4.86. The van der Waals surface area contributed by atoms with E-state index in [4.69, 9.17) is 10.6 Å². The van der Waals surface area contributed by atoms with Crippen molar-refractivity contribution in [1.82, 2.24) is 5.43 Å². The highest BCUT2D eigenvalue weighted by Crippen LogP contribution is 2.30. The average molecular weight is 239 g/mol. The third-order valence-electron chi connectivity index (χ3n) is 2.44. The Labute approximate surface area is 97.7 Å². The van der Waals surface area contributed by atoms with Gasteiger partial charge in [0.05, 0.1) is 18.0 Å². The molecule has 0 radical (unpaired) electrons. The zero-order chi connectivity index (χ0) is 13.0. The fourth-order valence-electron chi connectivity index (χ4n) is 1.40. The number of hydrogen-bond donors (Lipinski definition) is 2. The van der Waals surface area contributed by atoms with Crippen LogP contribution >= 0.6 is 0 Å². The van der Waals surface area contributed by atoms with Crippen LogP contribution in [0.2, 0.25) is 0 Å². The van der Waals surface area contributed by atoms with Gasteiger partial charge in [-0.3, -0.25) is 20.3 Å². The van der Waals surface area contributed by atoms with E-state index in [2.05, 4.69) is 0 Å². The van der Waals surface area contributed by atoms with E-state index >= 15 is 0 Å². The molecule has 0 spiro atoms. The molecule has 0 saturated carbocycles. The zero-order valence-corrected chi connectivity index (χ0v) is 9.47. The molecule has 0 aliphatic carbocycles. The maximum Gasteiger partial charge on any atom is 0.311 e. The van der Waals surface area contributed by atoms with Gasteiger partial charge in [0.15, 0.2) is 5.75 Å². The monoisotopic (exact) mass is 239 g/mol. The molecule has 1 rings (SSSR count). The lowest BCUT2D eigenvalue weighted by Crippen LogP contribution is -2.33. The number of hydrazine groups is 1. The maximum absolute atomic E-state index is 11.3. The van der Waals surface area contributed by atoms with E-state index in [1.54, 1.807) is 13.0 Å². The number of nitro benzene ring substituents is 1. The van der Waals surface area contributed by atoms with Crippen LogP contribution in [0.5, 0.6) is 5.75 Å². The Morgan fingerprint density at radius 1 is 1.59 bits per heavy atom. The molecule has 17 heavy (non-hydrogen) atoms. The molecule has 3 N–H and O–H groups in total. The second-order valence-electron chi connectivity index (χ2n) is 3.42. The van der Waals surface area contributed by atoms with Crippen molar-refractivity contribution in [2.45, 2.75) is 12.8 Å². The first-order valence-corrected chi connectivity index (χ1v) is 4.84. The van der Waals surface area contributed by atoms with Gasteiger partial charge in [-0.1, -0.05) is 6.07 Å². The Morgan fingerprint density at radius 2 is 2.24 bits per heavy atom. The molecule has 1 atom stereocenters. The van der Waals surface area contributed by atoms with Crippen molar-refractivity contribution in [3.8, 4) is 5.75 Å². The fraction of sp³-hybridized carbons (Fsp3) is 0.300. The minimum Gasteiger partial charge on any atom is -0.490 e. The third-order valence-corrected chi connectivity index (χ3v) is 2.44. The summed E-state index contributed by atoms with van der Waals surface area (Å²) in [6.07, 6.45) is 0. The summed E-state index contributed by atoms with van der Waals surface area (Å²) >= 11 is 0. The quantitative estimate of drug-likeness (QED) is 0.348. The van der Waals surface area contributed by atoms with E-state index < -0.39 is 16.7 Å². The topological polar surface area (TPSA) is 107 Å². The lowest BCUT2D eigenvalue weighted by atomic mass is 10.00. The molecule has 1 amide bonds. The standard InChI is InChI=1S/C10H13N3O4/c1-6(10(14)12-11)7-3-4-9(17-2)8(5-7)13(15)16/h3-6H,11H2,1-2H3,(H,12,14). The van der Waals surface area contributed by atoms with Crippen molar-refractivity contribution in [3.63, 3.8) is 0 Å². The third kappa shape index (κ3) is 2.70. The van der Waals surface area contributed by atoms with E-state index in [9.17, 15) is 14.9 Å². The summed E-state index contributed by atoms with van der Waals surface area (Å²) in [5.41, 5.74) is 2.32. The van der Waals surface area contributed by atoms with Gasteiger partial charge in [0, 0.05) is 6.07 Å². The van der Waals surface area contributed by atoms with Gasteiger partial charge < -0.3 is 4.74 Å². The molecule has 0 aliphatic heterocycles. The van der Waals surface area contributed by atoms with Gasteiger partial charge in [-0.05, 0) is 18.6 Å². The number of ether oxygens (including phenoxy) is 1. The van der Waals surface area contributed by atoms with Gasteiger partial charge in [0.1, 0.15) is 0 Å². The summed E-state index contributed by atoms with van der Waals surface area (Å²) in [5.74, 6) is 4.18. The Morgan fingerprint density at radius 3 is 2.71 bits per heavy atom. The molecule has 1 unspecified atom stereocenters. The SMILES string of the molecule is COc1ccc(C(C)C(=O)NN)cc1[N+](=O)[O-]. The summed E-state index contributed by atoms with van der Waals surface area (Å²) in [4.78, 5) is 21.5. The fourth-order valence-corrected chi connectivity index (χ4v) is 1.40. The first-order valence-electron chi connectivity index (χ1n) is 4.84. The van der Waals surface area contributed by atoms with E-state index in [0.717, 1.165) is 0 Å². The molecular weight excluding hydrogens is 226 g/mol. The molecule has 7 nitrogen and oxygen atoms in total. The molecule has 1 aromatic carbocycles. The van der Waals surface area contributed by atoms with Crippen molar-refractivity contribution in [1.29, 1.82) is 0 Å². The van der Waals surface area contributed by atoms with Crippen LogP contribution in [-0.2, 0) is 4.79 Å². The molecule has 0 saturated heterocycles. The molecule has 0 bridgehead atoms. The Bertz CT molecular complexity index is 447. The van der Waals surface area contributed by atoms with Crippen molar-refractivity contribution in [2.24, 2.45) is 5.84 Å². The number of nitrogens with zero attached hydrogens (tertiary/aromatic N) is 1. The predicted octanol–water partition coefficient (Wildman–Crippen LogP) is 0.697. The van der Waals surface area contributed by atoms with E-state index in [-0.39, 0.29) is 11.4 Å². The highest BCUT2D eigenvalue weighted by atomic mass is 16.6. The van der Waals surface area contributed by atoms with Crippen molar-refractivity contribution in [2.75, 3.05) is 7.11 Å². The Kier molecular flexibility index (Phi) is 4.00. The lowest BCUT2D eigenvalue weighted by Gasteiger charge is -2.10. The van der Waals surface area contributed by atoms with Gasteiger partial charge >= 0.3 is 5.69 Å². The van der Waals surface area contributed by atoms with E-state index in [1.807, 2.05) is 5.43 Å². The number of hydrogen-bond acceptors (Lipinski definition) is 5. The maximum atomic E-state index is 11.3. The number of amides is 1. The predicted molar refractivity (Wildman–Crippen MR) is 60.4 cm³/mol. The highest BCUT2D eigenvalue weighted by molar-refractivity contribution is 5.83. The zero-order valence-electron chi connectivity index (χ0n) is 9.47. The first kappa shape index (κ1) is 12.9. The first-order chi connectivity index (χ1) is 8.01. The van der Waals surface area contributed by atoms with Gasteiger partial charge in [0.2, 0.25) is 5.91 Å². The average Bonchev–Trinajstić information content (AvgIpc) is 2.35. The second kappa shape index (κ2) is 5.26. The smallest absolute Gasteiger partial charge is 0.311 e. The molecule has 0 fully saturated rings. The van der Waals surface area contributed by atoms with Crippen molar-refractivity contribution >= 4 is 11.6 Å². The Balaban J connectivity index is 3.16. The van der Waals surface area contributed by atoms with E-state index in [0.29, 0.717) is 5.56 Å². The minimum absolute atomic E-state index is 0.152. The van der Waals surface area contributed by atoms with E-state index in [1.165, 1.54) is 19.2 Å². The number of carbonyl (C=O) groups excluding carboxylic acids is 1. The molecule has 0 aromatic heterocycles. The number of nitrogens with two attached hydrogens (primary N) is 1. The number of nitrogens with one attached hydrogen (secondary N) is 1. The van der Waals surface area contributed by atoms with Crippen LogP contribution in [0.1, 0.15) is 18.4 Å². The van der Waals surface area contributed by atoms with Crippen LogP contribution < -0.4 is 16.0 Å². The number of nitro groups is 1. The van der Waals surface area contributed by atoms with Crippen molar-refractivity contribution < 1.29 is 14.5 Å². The molecule has 1 aromatic rings. The molecule has 0 aliphatic rings. The Hall–Kier alpha value is -2.15. The number of carbonyl (C=O) groups is 1. The number of methoxy groups -OCH3 is 1.